The lowest BCUT2D eigenvalue weighted by molar-refractivity contribution is -0.112. The number of hydrogen-bond donors (Lipinski definition) is 1. The smallest absolute Gasteiger partial charge is 0.248 e. The molecule has 0 aliphatic rings. The minimum Gasteiger partial charge on any atom is -0.323 e. The van der Waals surface area contributed by atoms with Crippen LogP contribution in [0.5, 0.6) is 0 Å². The minimum atomic E-state index is -0.307. The Morgan fingerprint density at radius 1 is 1.23 bits per heavy atom. The number of hydrogen-bond acceptors (Lipinski definition) is 2. The second kappa shape index (κ2) is 4.87. The zero-order chi connectivity index (χ0) is 9.52. The molecule has 0 saturated heterocycles. The standard InChI is InChI=1S/C10H9NO2/c12-8-4-7-10(13)11-9-5-2-1-3-6-9/h1-8H,(H,11,13)/b7-4+. The van der Waals surface area contributed by atoms with Crippen molar-refractivity contribution in [3.63, 3.8) is 0 Å². The van der Waals surface area contributed by atoms with Crippen molar-refractivity contribution in [2.75, 3.05) is 5.32 Å². The molecule has 1 aromatic carbocycles. The van der Waals surface area contributed by atoms with Crippen molar-refractivity contribution >= 4 is 17.9 Å². The largest absolute Gasteiger partial charge is 0.323 e. The average Bonchev–Trinajstić information content (AvgIpc) is 2.16. The number of carbonyl (C=O) groups is 2. The molecule has 0 heterocycles. The molecule has 1 aromatic rings. The highest BCUT2D eigenvalue weighted by molar-refractivity contribution is 6.00. The molecule has 0 bridgehead atoms. The first kappa shape index (κ1) is 9.19. The molecule has 0 fully saturated rings. The molecule has 0 aliphatic carbocycles. The molecule has 3 nitrogen and oxygen atoms in total. The van der Waals surface area contributed by atoms with Crippen molar-refractivity contribution in [1.82, 2.24) is 0 Å². The van der Waals surface area contributed by atoms with Gasteiger partial charge < -0.3 is 5.32 Å². The molecule has 0 aliphatic heterocycles. The maximum Gasteiger partial charge on any atom is 0.248 e. The van der Waals surface area contributed by atoms with Crippen molar-refractivity contribution < 1.29 is 9.59 Å². The molecule has 1 rings (SSSR count). The Bertz CT molecular complexity index is 317. The van der Waals surface area contributed by atoms with Crippen molar-refractivity contribution in [2.24, 2.45) is 0 Å². The number of anilines is 1. The first-order valence-corrected chi connectivity index (χ1v) is 3.81. The lowest BCUT2D eigenvalue weighted by Crippen LogP contribution is -2.07. The van der Waals surface area contributed by atoms with Crippen molar-refractivity contribution in [1.29, 1.82) is 0 Å². The molecule has 3 heteroatoms. The molecule has 0 aromatic heterocycles. The van der Waals surface area contributed by atoms with Crippen LogP contribution in [0.4, 0.5) is 5.69 Å². The van der Waals surface area contributed by atoms with Gasteiger partial charge >= 0.3 is 0 Å². The lowest BCUT2D eigenvalue weighted by atomic mass is 10.3. The van der Waals surface area contributed by atoms with E-state index in [0.29, 0.717) is 12.0 Å². The highest BCUT2D eigenvalue weighted by Gasteiger charge is 1.94. The molecule has 1 amide bonds. The van der Waals surface area contributed by atoms with Crippen molar-refractivity contribution in [3.8, 4) is 0 Å². The van der Waals surface area contributed by atoms with Crippen LogP contribution in [0.3, 0.4) is 0 Å². The Balaban J connectivity index is 2.55. The van der Waals surface area contributed by atoms with Gasteiger partial charge in [0.2, 0.25) is 5.91 Å². The second-order valence-corrected chi connectivity index (χ2v) is 2.35. The Morgan fingerprint density at radius 3 is 2.54 bits per heavy atom. The number of benzene rings is 1. The third-order valence-corrected chi connectivity index (χ3v) is 1.37. The van der Waals surface area contributed by atoms with Crippen LogP contribution in [0, 0.1) is 0 Å². The van der Waals surface area contributed by atoms with E-state index in [4.69, 9.17) is 0 Å². The Labute approximate surface area is 76.1 Å². The Hall–Kier alpha value is -1.90. The molecule has 13 heavy (non-hydrogen) atoms. The van der Waals surface area contributed by atoms with Gasteiger partial charge in [0, 0.05) is 11.8 Å². The predicted octanol–water partition coefficient (Wildman–Crippen LogP) is 1.38. The van der Waals surface area contributed by atoms with Crippen LogP contribution in [-0.4, -0.2) is 12.2 Å². The lowest BCUT2D eigenvalue weighted by Gasteiger charge is -1.99. The molecule has 0 atom stereocenters. The van der Waals surface area contributed by atoms with Crippen LogP contribution < -0.4 is 5.32 Å². The number of aldehydes is 1. The van der Waals surface area contributed by atoms with Crippen LogP contribution >= 0.6 is 0 Å². The number of nitrogens with one attached hydrogen (secondary N) is 1. The third kappa shape index (κ3) is 3.33. The highest BCUT2D eigenvalue weighted by atomic mass is 16.1. The maximum atomic E-state index is 11.0. The van der Waals surface area contributed by atoms with Gasteiger partial charge in [0.25, 0.3) is 0 Å². The summed E-state index contributed by atoms with van der Waals surface area (Å²) >= 11 is 0. The van der Waals surface area contributed by atoms with E-state index in [2.05, 4.69) is 5.32 Å². The topological polar surface area (TPSA) is 46.2 Å². The summed E-state index contributed by atoms with van der Waals surface area (Å²) in [5, 5.41) is 2.59. The first-order valence-electron chi connectivity index (χ1n) is 3.81. The summed E-state index contributed by atoms with van der Waals surface area (Å²) in [6, 6.07) is 9.04. The molecule has 0 spiro atoms. The summed E-state index contributed by atoms with van der Waals surface area (Å²) in [7, 11) is 0. The van der Waals surface area contributed by atoms with Crippen LogP contribution in [0.2, 0.25) is 0 Å². The van der Waals surface area contributed by atoms with Crippen molar-refractivity contribution in [3.05, 3.63) is 42.5 Å². The van der Waals surface area contributed by atoms with Gasteiger partial charge in [0.1, 0.15) is 6.29 Å². The molecular formula is C10H9NO2. The highest BCUT2D eigenvalue weighted by Crippen LogP contribution is 2.04. The van der Waals surface area contributed by atoms with Crippen molar-refractivity contribution in [2.45, 2.75) is 0 Å². The summed E-state index contributed by atoms with van der Waals surface area (Å²) in [4.78, 5) is 20.9. The number of allylic oxidation sites excluding steroid dienone is 1. The molecule has 0 unspecified atom stereocenters. The molecule has 0 saturated carbocycles. The van der Waals surface area contributed by atoms with E-state index in [9.17, 15) is 9.59 Å². The van der Waals surface area contributed by atoms with Crippen LogP contribution in [0.25, 0.3) is 0 Å². The van der Waals surface area contributed by atoms with Gasteiger partial charge in [-0.25, -0.2) is 0 Å². The fraction of sp³-hybridized carbons (Fsp3) is 0. The first-order chi connectivity index (χ1) is 6.33. The van der Waals surface area contributed by atoms with E-state index in [-0.39, 0.29) is 5.91 Å². The number of amides is 1. The van der Waals surface area contributed by atoms with Gasteiger partial charge in [0.05, 0.1) is 0 Å². The zero-order valence-corrected chi connectivity index (χ0v) is 6.94. The van der Waals surface area contributed by atoms with Gasteiger partial charge in [-0.1, -0.05) is 18.2 Å². The summed E-state index contributed by atoms with van der Waals surface area (Å²) in [5.74, 6) is -0.307. The molecular weight excluding hydrogens is 166 g/mol. The van der Waals surface area contributed by atoms with Gasteiger partial charge in [-0.2, -0.15) is 0 Å². The third-order valence-electron chi connectivity index (χ3n) is 1.37. The number of rotatable bonds is 3. The van der Waals surface area contributed by atoms with Crippen LogP contribution in [0.15, 0.2) is 42.5 Å². The van der Waals surface area contributed by atoms with Gasteiger partial charge in [-0.3, -0.25) is 9.59 Å². The number of para-hydroxylation sites is 1. The van der Waals surface area contributed by atoms with Crippen LogP contribution in [0.1, 0.15) is 0 Å². The minimum absolute atomic E-state index is 0.307. The Morgan fingerprint density at radius 2 is 1.92 bits per heavy atom. The second-order valence-electron chi connectivity index (χ2n) is 2.35. The van der Waals surface area contributed by atoms with E-state index in [1.54, 1.807) is 12.1 Å². The van der Waals surface area contributed by atoms with Gasteiger partial charge in [0.15, 0.2) is 0 Å². The average molecular weight is 175 g/mol. The molecule has 1 N–H and O–H groups in total. The summed E-state index contributed by atoms with van der Waals surface area (Å²) < 4.78 is 0. The molecule has 0 radical (unpaired) electrons. The van der Waals surface area contributed by atoms with Crippen LogP contribution in [-0.2, 0) is 9.59 Å². The van der Waals surface area contributed by atoms with Gasteiger partial charge in [-0.05, 0) is 18.2 Å². The van der Waals surface area contributed by atoms with E-state index >= 15 is 0 Å². The maximum absolute atomic E-state index is 11.0. The SMILES string of the molecule is O=C/C=C/C(=O)Nc1ccccc1. The Kier molecular flexibility index (Phi) is 3.45. The molecule has 66 valence electrons. The summed E-state index contributed by atoms with van der Waals surface area (Å²) in [5.41, 5.74) is 0.711. The predicted molar refractivity (Wildman–Crippen MR) is 50.3 cm³/mol. The van der Waals surface area contributed by atoms with Gasteiger partial charge in [-0.15, -0.1) is 0 Å². The normalized spacial score (nSPS) is 9.85. The monoisotopic (exact) mass is 175 g/mol. The quantitative estimate of drug-likeness (QED) is 0.557. The van der Waals surface area contributed by atoms with E-state index in [1.807, 2.05) is 18.2 Å². The van der Waals surface area contributed by atoms with E-state index in [0.717, 1.165) is 6.08 Å². The number of carbonyl (C=O) groups excluding carboxylic acids is 2. The zero-order valence-electron chi connectivity index (χ0n) is 6.94. The fourth-order valence-electron chi connectivity index (χ4n) is 0.832. The summed E-state index contributed by atoms with van der Waals surface area (Å²) in [6.07, 6.45) is 2.89. The fourth-order valence-corrected chi connectivity index (χ4v) is 0.832. The summed E-state index contributed by atoms with van der Waals surface area (Å²) in [6.45, 7) is 0. The van der Waals surface area contributed by atoms with E-state index in [1.165, 1.54) is 6.08 Å². The van der Waals surface area contributed by atoms with E-state index < -0.39 is 0 Å².